The summed E-state index contributed by atoms with van der Waals surface area (Å²) in [5.41, 5.74) is 7.01. The molecule has 0 aromatic heterocycles. The predicted octanol–water partition coefficient (Wildman–Crippen LogP) is 2.13. The van der Waals surface area contributed by atoms with Crippen LogP contribution in [0, 0.1) is 0 Å². The third kappa shape index (κ3) is 1.85. The van der Waals surface area contributed by atoms with E-state index in [-0.39, 0.29) is 12.1 Å². The molecule has 0 bridgehead atoms. The Balaban J connectivity index is 2.20. The summed E-state index contributed by atoms with van der Waals surface area (Å²) in [5, 5.41) is 0.746. The van der Waals surface area contributed by atoms with Crippen molar-refractivity contribution >= 4 is 11.6 Å². The number of ether oxygens (including phenoxy) is 1. The summed E-state index contributed by atoms with van der Waals surface area (Å²) in [4.78, 5) is 0. The molecule has 0 spiro atoms. The van der Waals surface area contributed by atoms with E-state index in [4.69, 9.17) is 22.1 Å². The Morgan fingerprint density at radius 1 is 1.31 bits per heavy atom. The van der Waals surface area contributed by atoms with E-state index in [2.05, 4.69) is 0 Å². The van der Waals surface area contributed by atoms with Crippen molar-refractivity contribution in [3.63, 3.8) is 0 Å². The Bertz CT molecular complexity index is 285. The van der Waals surface area contributed by atoms with Gasteiger partial charge in [0.1, 0.15) is 0 Å². The highest BCUT2D eigenvalue weighted by atomic mass is 35.5. The molecule has 2 atom stereocenters. The minimum Gasteiger partial charge on any atom is -0.372 e. The molecule has 0 aliphatic carbocycles. The molecule has 0 saturated carbocycles. The van der Waals surface area contributed by atoms with Crippen molar-refractivity contribution in [1.82, 2.24) is 0 Å². The van der Waals surface area contributed by atoms with Gasteiger partial charge in [0.2, 0.25) is 0 Å². The fourth-order valence-corrected chi connectivity index (χ4v) is 1.73. The van der Waals surface area contributed by atoms with Crippen molar-refractivity contribution in [2.45, 2.75) is 18.6 Å². The van der Waals surface area contributed by atoms with Crippen molar-refractivity contribution < 1.29 is 4.74 Å². The van der Waals surface area contributed by atoms with Crippen LogP contribution in [0.15, 0.2) is 24.3 Å². The zero-order chi connectivity index (χ0) is 9.26. The van der Waals surface area contributed by atoms with Crippen LogP contribution in [-0.2, 0) is 4.74 Å². The molecule has 1 heterocycles. The number of halogens is 1. The van der Waals surface area contributed by atoms with Crippen LogP contribution >= 0.6 is 11.6 Å². The average Bonchev–Trinajstić information content (AvgIpc) is 2.53. The molecule has 0 unspecified atom stereocenters. The Labute approximate surface area is 82.6 Å². The second kappa shape index (κ2) is 3.66. The maximum atomic E-state index is 5.89. The number of nitrogens with two attached hydrogens (primary N) is 1. The maximum Gasteiger partial charge on any atom is 0.0976 e. The number of hydrogen-bond acceptors (Lipinski definition) is 2. The Kier molecular flexibility index (Phi) is 2.54. The van der Waals surface area contributed by atoms with Gasteiger partial charge in [0, 0.05) is 17.7 Å². The highest BCUT2D eigenvalue weighted by Gasteiger charge is 2.25. The van der Waals surface area contributed by atoms with Crippen LogP contribution in [0.3, 0.4) is 0 Å². The van der Waals surface area contributed by atoms with Gasteiger partial charge in [-0.3, -0.25) is 0 Å². The first-order chi connectivity index (χ1) is 6.27. The zero-order valence-corrected chi connectivity index (χ0v) is 8.00. The summed E-state index contributed by atoms with van der Waals surface area (Å²) in [5.74, 6) is 0. The van der Waals surface area contributed by atoms with Crippen LogP contribution in [0.5, 0.6) is 0 Å². The fraction of sp³-hybridized carbons (Fsp3) is 0.400. The minimum atomic E-state index is 0.0530. The monoisotopic (exact) mass is 197 g/mol. The number of hydrogen-bond donors (Lipinski definition) is 1. The van der Waals surface area contributed by atoms with Crippen LogP contribution in [-0.4, -0.2) is 12.6 Å². The molecule has 1 aliphatic rings. The average molecular weight is 198 g/mol. The van der Waals surface area contributed by atoms with Crippen LogP contribution in [0.4, 0.5) is 0 Å². The van der Waals surface area contributed by atoms with E-state index in [0.717, 1.165) is 23.6 Å². The number of rotatable bonds is 1. The molecule has 0 amide bonds. The highest BCUT2D eigenvalue weighted by molar-refractivity contribution is 6.30. The Hall–Kier alpha value is -0.570. The largest absolute Gasteiger partial charge is 0.372 e. The summed E-state index contributed by atoms with van der Waals surface area (Å²) < 4.78 is 5.52. The summed E-state index contributed by atoms with van der Waals surface area (Å²) in [6.45, 7) is 0.758. The van der Waals surface area contributed by atoms with E-state index in [1.807, 2.05) is 24.3 Å². The Morgan fingerprint density at radius 2 is 2.00 bits per heavy atom. The van der Waals surface area contributed by atoms with Crippen LogP contribution in [0.1, 0.15) is 18.1 Å². The molecule has 3 heteroatoms. The van der Waals surface area contributed by atoms with Crippen molar-refractivity contribution in [1.29, 1.82) is 0 Å². The minimum absolute atomic E-state index is 0.0530. The SMILES string of the molecule is N[C@H]1CCO[C@@H]1c1ccc(Cl)cc1. The smallest absolute Gasteiger partial charge is 0.0976 e. The zero-order valence-electron chi connectivity index (χ0n) is 7.24. The predicted molar refractivity (Wildman–Crippen MR) is 52.7 cm³/mol. The van der Waals surface area contributed by atoms with Gasteiger partial charge in [-0.05, 0) is 24.1 Å². The molecule has 1 aliphatic heterocycles. The maximum absolute atomic E-state index is 5.89. The van der Waals surface area contributed by atoms with Crippen LogP contribution in [0.25, 0.3) is 0 Å². The molecule has 1 fully saturated rings. The molecular formula is C10H12ClNO. The van der Waals surface area contributed by atoms with E-state index in [0.29, 0.717) is 0 Å². The first-order valence-electron chi connectivity index (χ1n) is 4.40. The quantitative estimate of drug-likeness (QED) is 0.749. The molecule has 0 radical (unpaired) electrons. The molecular weight excluding hydrogens is 186 g/mol. The lowest BCUT2D eigenvalue weighted by Gasteiger charge is -2.14. The van der Waals surface area contributed by atoms with Crippen molar-refractivity contribution in [2.24, 2.45) is 5.73 Å². The lowest BCUT2D eigenvalue weighted by atomic mass is 10.0. The first kappa shape index (κ1) is 9.00. The summed E-state index contributed by atoms with van der Waals surface area (Å²) >= 11 is 5.78. The molecule has 2 rings (SSSR count). The second-order valence-electron chi connectivity index (χ2n) is 3.30. The van der Waals surface area contributed by atoms with E-state index in [1.54, 1.807) is 0 Å². The fourth-order valence-electron chi connectivity index (χ4n) is 1.60. The normalized spacial score (nSPS) is 27.8. The number of benzene rings is 1. The molecule has 13 heavy (non-hydrogen) atoms. The summed E-state index contributed by atoms with van der Waals surface area (Å²) in [6, 6.07) is 7.80. The first-order valence-corrected chi connectivity index (χ1v) is 4.78. The molecule has 1 aromatic rings. The molecule has 1 saturated heterocycles. The van der Waals surface area contributed by atoms with Gasteiger partial charge in [-0.15, -0.1) is 0 Å². The third-order valence-electron chi connectivity index (χ3n) is 2.34. The lowest BCUT2D eigenvalue weighted by Crippen LogP contribution is -2.23. The standard InChI is InChI=1S/C10H12ClNO/c11-8-3-1-7(2-4-8)10-9(12)5-6-13-10/h1-4,9-10H,5-6,12H2/t9-,10+/m0/s1. The van der Waals surface area contributed by atoms with Crippen molar-refractivity contribution in [3.05, 3.63) is 34.9 Å². The third-order valence-corrected chi connectivity index (χ3v) is 2.59. The second-order valence-corrected chi connectivity index (χ2v) is 3.73. The van der Waals surface area contributed by atoms with Gasteiger partial charge in [0.15, 0.2) is 0 Å². The van der Waals surface area contributed by atoms with E-state index in [9.17, 15) is 0 Å². The molecule has 1 aromatic carbocycles. The van der Waals surface area contributed by atoms with E-state index in [1.165, 1.54) is 0 Å². The molecule has 70 valence electrons. The van der Waals surface area contributed by atoms with Gasteiger partial charge in [-0.1, -0.05) is 23.7 Å². The molecule has 2 N–H and O–H groups in total. The van der Waals surface area contributed by atoms with Gasteiger partial charge in [-0.2, -0.15) is 0 Å². The topological polar surface area (TPSA) is 35.2 Å². The van der Waals surface area contributed by atoms with E-state index >= 15 is 0 Å². The van der Waals surface area contributed by atoms with Gasteiger partial charge in [0.05, 0.1) is 6.10 Å². The molecule has 2 nitrogen and oxygen atoms in total. The Morgan fingerprint density at radius 3 is 2.54 bits per heavy atom. The van der Waals surface area contributed by atoms with Gasteiger partial charge in [-0.25, -0.2) is 0 Å². The van der Waals surface area contributed by atoms with Crippen molar-refractivity contribution in [2.75, 3.05) is 6.61 Å². The summed E-state index contributed by atoms with van der Waals surface area (Å²) in [6.07, 6.45) is 0.991. The van der Waals surface area contributed by atoms with Gasteiger partial charge >= 0.3 is 0 Å². The van der Waals surface area contributed by atoms with Gasteiger partial charge < -0.3 is 10.5 Å². The summed E-state index contributed by atoms with van der Waals surface area (Å²) in [7, 11) is 0. The highest BCUT2D eigenvalue weighted by Crippen LogP contribution is 2.28. The van der Waals surface area contributed by atoms with Crippen LogP contribution < -0.4 is 5.73 Å². The van der Waals surface area contributed by atoms with E-state index < -0.39 is 0 Å². The lowest BCUT2D eigenvalue weighted by molar-refractivity contribution is 0.105. The van der Waals surface area contributed by atoms with Crippen molar-refractivity contribution in [3.8, 4) is 0 Å². The van der Waals surface area contributed by atoms with Crippen LogP contribution in [0.2, 0.25) is 5.02 Å². The van der Waals surface area contributed by atoms with Gasteiger partial charge in [0.25, 0.3) is 0 Å².